The molecule has 1 aliphatic carbocycles. The lowest BCUT2D eigenvalue weighted by atomic mass is 9.64. The van der Waals surface area contributed by atoms with Crippen molar-refractivity contribution in [1.29, 1.82) is 0 Å². The Kier molecular flexibility index (Phi) is 2.81. The summed E-state index contributed by atoms with van der Waals surface area (Å²) in [7, 11) is 0. The minimum absolute atomic E-state index is 0.00391. The van der Waals surface area contributed by atoms with Crippen LogP contribution in [0.1, 0.15) is 32.1 Å². The lowest BCUT2D eigenvalue weighted by molar-refractivity contribution is -0.136. The summed E-state index contributed by atoms with van der Waals surface area (Å²) in [5, 5.41) is 3.30. The van der Waals surface area contributed by atoms with Crippen LogP contribution in [0.3, 0.4) is 0 Å². The maximum absolute atomic E-state index is 12.3. The lowest BCUT2D eigenvalue weighted by Crippen LogP contribution is -2.69. The van der Waals surface area contributed by atoms with E-state index in [2.05, 4.69) is 10.2 Å². The molecular formula is C15H23N3O2. The van der Waals surface area contributed by atoms with E-state index in [0.717, 1.165) is 44.2 Å². The van der Waals surface area contributed by atoms with E-state index >= 15 is 0 Å². The van der Waals surface area contributed by atoms with E-state index in [-0.39, 0.29) is 23.9 Å². The summed E-state index contributed by atoms with van der Waals surface area (Å²) in [5.74, 6) is 1.72. The largest absolute Gasteiger partial charge is 0.348 e. The number of nitrogens with zero attached hydrogens (tertiary/aromatic N) is 2. The van der Waals surface area contributed by atoms with Crippen LogP contribution in [-0.4, -0.2) is 59.9 Å². The molecule has 4 bridgehead atoms. The van der Waals surface area contributed by atoms with Crippen LogP contribution < -0.4 is 5.32 Å². The Hall–Kier alpha value is -1.10. The topological polar surface area (TPSA) is 52.7 Å². The van der Waals surface area contributed by atoms with Crippen molar-refractivity contribution in [3.8, 4) is 0 Å². The summed E-state index contributed by atoms with van der Waals surface area (Å²) in [6, 6.07) is 0. The average Bonchev–Trinajstić information content (AvgIpc) is 2.72. The Morgan fingerprint density at radius 3 is 2.65 bits per heavy atom. The molecule has 4 saturated heterocycles. The van der Waals surface area contributed by atoms with Crippen molar-refractivity contribution in [2.24, 2.45) is 11.8 Å². The van der Waals surface area contributed by atoms with Crippen molar-refractivity contribution in [2.75, 3.05) is 32.7 Å². The SMILES string of the molecule is O=C(CN1CCCC1=O)NC12CC3CC(CN(C3)C1)C2. The molecule has 5 nitrogen and oxygen atoms in total. The molecule has 0 aromatic carbocycles. The second-order valence-electron chi connectivity index (χ2n) is 7.32. The minimum Gasteiger partial charge on any atom is -0.348 e. The molecule has 5 rings (SSSR count). The Labute approximate surface area is 119 Å². The predicted molar refractivity (Wildman–Crippen MR) is 74.0 cm³/mol. The van der Waals surface area contributed by atoms with Gasteiger partial charge in [0, 0.05) is 32.6 Å². The summed E-state index contributed by atoms with van der Waals surface area (Å²) in [6.45, 7) is 4.46. The third-order valence-corrected chi connectivity index (χ3v) is 5.49. The molecule has 0 aromatic heterocycles. The van der Waals surface area contributed by atoms with Gasteiger partial charge in [-0.1, -0.05) is 0 Å². The van der Waals surface area contributed by atoms with Crippen LogP contribution in [-0.2, 0) is 9.59 Å². The second kappa shape index (κ2) is 4.45. The zero-order valence-corrected chi connectivity index (χ0v) is 11.9. The third kappa shape index (κ3) is 2.12. The van der Waals surface area contributed by atoms with Gasteiger partial charge >= 0.3 is 0 Å². The fourth-order valence-corrected chi connectivity index (χ4v) is 5.12. The summed E-state index contributed by atoms with van der Waals surface area (Å²) >= 11 is 0. The maximum atomic E-state index is 12.3. The van der Waals surface area contributed by atoms with E-state index in [9.17, 15) is 9.59 Å². The van der Waals surface area contributed by atoms with Gasteiger partial charge in [0.15, 0.2) is 0 Å². The van der Waals surface area contributed by atoms with Crippen LogP contribution in [0.5, 0.6) is 0 Å². The summed E-state index contributed by atoms with van der Waals surface area (Å²) < 4.78 is 0. The summed E-state index contributed by atoms with van der Waals surface area (Å²) in [6.07, 6.45) is 5.13. The number of carbonyl (C=O) groups excluding carboxylic acids is 2. The van der Waals surface area contributed by atoms with Crippen molar-refractivity contribution in [1.82, 2.24) is 15.1 Å². The molecule has 2 unspecified atom stereocenters. The molecule has 2 atom stereocenters. The first kappa shape index (κ1) is 12.6. The van der Waals surface area contributed by atoms with Crippen LogP contribution in [0.2, 0.25) is 0 Å². The van der Waals surface area contributed by atoms with Crippen molar-refractivity contribution in [3.63, 3.8) is 0 Å². The van der Waals surface area contributed by atoms with Crippen LogP contribution in [0, 0.1) is 11.8 Å². The molecule has 20 heavy (non-hydrogen) atoms. The van der Waals surface area contributed by atoms with Gasteiger partial charge in [-0.25, -0.2) is 0 Å². The van der Waals surface area contributed by atoms with E-state index in [0.29, 0.717) is 6.42 Å². The van der Waals surface area contributed by atoms with Gasteiger partial charge in [0.05, 0.1) is 12.1 Å². The number of amides is 2. The number of rotatable bonds is 3. The fraction of sp³-hybridized carbons (Fsp3) is 0.867. The van der Waals surface area contributed by atoms with Gasteiger partial charge in [0.25, 0.3) is 0 Å². The fourth-order valence-electron chi connectivity index (χ4n) is 5.12. The smallest absolute Gasteiger partial charge is 0.240 e. The summed E-state index contributed by atoms with van der Waals surface area (Å²) in [4.78, 5) is 28.1. The molecule has 0 aromatic rings. The van der Waals surface area contributed by atoms with Crippen LogP contribution in [0.15, 0.2) is 0 Å². The Balaban J connectivity index is 1.41. The number of likely N-dealkylation sites (tertiary alicyclic amines) is 1. The highest BCUT2D eigenvalue weighted by Gasteiger charge is 2.50. The molecule has 4 heterocycles. The van der Waals surface area contributed by atoms with Crippen molar-refractivity contribution in [3.05, 3.63) is 0 Å². The van der Waals surface area contributed by atoms with Crippen molar-refractivity contribution in [2.45, 2.75) is 37.6 Å². The predicted octanol–water partition coefficient (Wildman–Crippen LogP) is 0.209. The summed E-state index contributed by atoms with van der Waals surface area (Å²) in [5.41, 5.74) is 0.00391. The van der Waals surface area contributed by atoms with E-state index in [1.54, 1.807) is 4.90 Å². The molecule has 1 N–H and O–H groups in total. The van der Waals surface area contributed by atoms with Gasteiger partial charge in [-0.3, -0.25) is 9.59 Å². The van der Waals surface area contributed by atoms with Gasteiger partial charge in [0.1, 0.15) is 0 Å². The first-order chi connectivity index (χ1) is 9.62. The van der Waals surface area contributed by atoms with Crippen molar-refractivity contribution < 1.29 is 9.59 Å². The molecule has 5 fully saturated rings. The normalized spacial score (nSPS) is 42.3. The molecular weight excluding hydrogens is 254 g/mol. The van der Waals surface area contributed by atoms with Gasteiger partial charge in [-0.05, 0) is 37.5 Å². The Morgan fingerprint density at radius 2 is 2.05 bits per heavy atom. The Bertz CT molecular complexity index is 413. The molecule has 5 aliphatic rings. The molecule has 2 amide bonds. The first-order valence-corrected chi connectivity index (χ1v) is 7.93. The van der Waals surface area contributed by atoms with E-state index < -0.39 is 0 Å². The number of nitrogens with one attached hydrogen (secondary N) is 1. The highest BCUT2D eigenvalue weighted by molar-refractivity contribution is 5.86. The molecule has 0 radical (unpaired) electrons. The highest BCUT2D eigenvalue weighted by Crippen LogP contribution is 2.45. The first-order valence-electron chi connectivity index (χ1n) is 7.93. The Morgan fingerprint density at radius 1 is 1.30 bits per heavy atom. The molecule has 0 spiro atoms. The molecule has 5 heteroatoms. The van der Waals surface area contributed by atoms with E-state index in [4.69, 9.17) is 0 Å². The maximum Gasteiger partial charge on any atom is 0.240 e. The molecule has 1 saturated carbocycles. The monoisotopic (exact) mass is 277 g/mol. The van der Waals surface area contributed by atoms with Crippen LogP contribution >= 0.6 is 0 Å². The molecule has 110 valence electrons. The van der Waals surface area contributed by atoms with Gasteiger partial charge in [0.2, 0.25) is 11.8 Å². The van der Waals surface area contributed by atoms with Crippen molar-refractivity contribution >= 4 is 11.8 Å². The van der Waals surface area contributed by atoms with E-state index in [1.807, 2.05) is 0 Å². The number of hydrogen-bond acceptors (Lipinski definition) is 3. The number of piperidine rings is 3. The number of carbonyl (C=O) groups is 2. The van der Waals surface area contributed by atoms with E-state index in [1.165, 1.54) is 19.5 Å². The van der Waals surface area contributed by atoms with Crippen LogP contribution in [0.25, 0.3) is 0 Å². The molecule has 4 aliphatic heterocycles. The third-order valence-electron chi connectivity index (χ3n) is 5.49. The number of hydrogen-bond donors (Lipinski definition) is 1. The van der Waals surface area contributed by atoms with Gasteiger partial charge in [-0.15, -0.1) is 0 Å². The highest BCUT2D eigenvalue weighted by atomic mass is 16.2. The van der Waals surface area contributed by atoms with Gasteiger partial charge < -0.3 is 15.1 Å². The standard InChI is InChI=1S/C15H23N3O2/c19-13(9-18-3-1-2-14(18)20)16-15-5-11-4-12(6-15)8-17(7-11)10-15/h11-12H,1-10H2,(H,16,19). The van der Waals surface area contributed by atoms with Gasteiger partial charge in [-0.2, -0.15) is 0 Å². The lowest BCUT2D eigenvalue weighted by Gasteiger charge is -2.58. The minimum atomic E-state index is 0.00391. The zero-order chi connectivity index (χ0) is 13.7. The zero-order valence-electron chi connectivity index (χ0n) is 11.9. The quantitative estimate of drug-likeness (QED) is 0.802. The second-order valence-corrected chi connectivity index (χ2v) is 7.32. The van der Waals surface area contributed by atoms with Crippen LogP contribution in [0.4, 0.5) is 0 Å². The average molecular weight is 277 g/mol.